The lowest BCUT2D eigenvalue weighted by molar-refractivity contribution is -0.301. The Morgan fingerprint density at radius 3 is 1.87 bits per heavy atom. The molecule has 3 fully saturated rings. The smallest absolute Gasteiger partial charge is 0.171 e. The first kappa shape index (κ1) is 26.6. The topological polar surface area (TPSA) is 49.4 Å². The second kappa shape index (κ2) is 12.7. The average Bonchev–Trinajstić information content (AvgIpc) is 3.34. The van der Waals surface area contributed by atoms with Gasteiger partial charge in [-0.25, -0.2) is 0 Å². The van der Waals surface area contributed by atoms with E-state index in [0.29, 0.717) is 26.4 Å². The summed E-state index contributed by atoms with van der Waals surface area (Å²) in [6, 6.07) is 31.4. The van der Waals surface area contributed by atoms with Crippen molar-refractivity contribution in [2.75, 3.05) is 26.4 Å². The highest BCUT2D eigenvalue weighted by atomic mass is 16.7. The van der Waals surface area contributed by atoms with Crippen molar-refractivity contribution in [1.82, 2.24) is 4.90 Å². The Kier molecular flexibility index (Phi) is 8.69. The van der Waals surface area contributed by atoms with Crippen LogP contribution in [-0.4, -0.2) is 61.3 Å². The van der Waals surface area contributed by atoms with Gasteiger partial charge < -0.3 is 23.7 Å². The molecule has 3 aromatic carbocycles. The molecule has 4 atom stereocenters. The zero-order valence-electron chi connectivity index (χ0n) is 22.5. The Bertz CT molecular complexity index is 1140. The molecule has 3 aromatic rings. The molecule has 0 unspecified atom stereocenters. The molecule has 206 valence electrons. The van der Waals surface area contributed by atoms with Crippen LogP contribution in [0.25, 0.3) is 0 Å². The lowest BCUT2D eigenvalue weighted by Gasteiger charge is -2.49. The lowest BCUT2D eigenvalue weighted by atomic mass is 9.89. The first-order valence-corrected chi connectivity index (χ1v) is 14.2. The van der Waals surface area contributed by atoms with E-state index in [1.807, 2.05) is 18.2 Å². The highest BCUT2D eigenvalue weighted by molar-refractivity contribution is 5.16. The Balaban J connectivity index is 1.21. The molecule has 0 aliphatic carbocycles. The summed E-state index contributed by atoms with van der Waals surface area (Å²) in [5.41, 5.74) is 3.51. The van der Waals surface area contributed by atoms with Crippen LogP contribution in [0.4, 0.5) is 0 Å². The predicted octanol–water partition coefficient (Wildman–Crippen LogP) is 5.35. The van der Waals surface area contributed by atoms with Crippen molar-refractivity contribution < 1.29 is 23.7 Å². The van der Waals surface area contributed by atoms with Gasteiger partial charge in [0.25, 0.3) is 0 Å². The molecule has 6 heteroatoms. The standard InChI is InChI=1S/C33H39NO5/c1-4-11-26(12-5-1)22-35-25-29-19-33(38-17-10-18-39-33)20-30-32(37-24-28-15-8-3-9-16-28)31(21-34(29)30)36-23-27-13-6-2-7-14-27/h1-9,11-16,29-32H,10,17-25H2/t29-,30+,31+,32+/m0/s1. The van der Waals surface area contributed by atoms with Crippen molar-refractivity contribution >= 4 is 0 Å². The van der Waals surface area contributed by atoms with Gasteiger partial charge in [-0.05, 0) is 23.1 Å². The fourth-order valence-electron chi connectivity index (χ4n) is 6.22. The van der Waals surface area contributed by atoms with Crippen molar-refractivity contribution in [1.29, 1.82) is 0 Å². The van der Waals surface area contributed by atoms with Gasteiger partial charge in [-0.1, -0.05) is 91.0 Å². The molecule has 0 radical (unpaired) electrons. The van der Waals surface area contributed by atoms with Crippen molar-refractivity contribution in [3.63, 3.8) is 0 Å². The van der Waals surface area contributed by atoms with Crippen molar-refractivity contribution in [3.05, 3.63) is 108 Å². The molecular weight excluding hydrogens is 490 g/mol. The third-order valence-electron chi connectivity index (χ3n) is 8.13. The normalized spacial score (nSPS) is 26.5. The first-order chi connectivity index (χ1) is 19.3. The van der Waals surface area contributed by atoms with Gasteiger partial charge in [0.05, 0.1) is 45.7 Å². The molecule has 6 rings (SSSR count). The number of fused-ring (bicyclic) bond motifs is 1. The van der Waals surface area contributed by atoms with E-state index < -0.39 is 5.79 Å². The number of nitrogens with zero attached hydrogens (tertiary/aromatic N) is 1. The number of hydrogen-bond acceptors (Lipinski definition) is 6. The van der Waals surface area contributed by atoms with E-state index in [4.69, 9.17) is 23.7 Å². The molecule has 3 aliphatic heterocycles. The highest BCUT2D eigenvalue weighted by Crippen LogP contribution is 2.43. The first-order valence-electron chi connectivity index (χ1n) is 14.2. The summed E-state index contributed by atoms with van der Waals surface area (Å²) >= 11 is 0. The summed E-state index contributed by atoms with van der Waals surface area (Å²) in [7, 11) is 0. The van der Waals surface area contributed by atoms with Crippen LogP contribution >= 0.6 is 0 Å². The Morgan fingerprint density at radius 1 is 0.692 bits per heavy atom. The van der Waals surface area contributed by atoms with Crippen LogP contribution in [0.3, 0.4) is 0 Å². The summed E-state index contributed by atoms with van der Waals surface area (Å²) in [6.45, 7) is 4.56. The third-order valence-corrected chi connectivity index (χ3v) is 8.13. The van der Waals surface area contributed by atoms with E-state index in [-0.39, 0.29) is 24.3 Å². The maximum Gasteiger partial charge on any atom is 0.171 e. The molecular formula is C33H39NO5. The summed E-state index contributed by atoms with van der Waals surface area (Å²) in [4.78, 5) is 2.54. The highest BCUT2D eigenvalue weighted by Gasteiger charge is 2.55. The zero-order valence-corrected chi connectivity index (χ0v) is 22.5. The van der Waals surface area contributed by atoms with Gasteiger partial charge in [0.2, 0.25) is 0 Å². The zero-order chi connectivity index (χ0) is 26.3. The Morgan fingerprint density at radius 2 is 1.26 bits per heavy atom. The van der Waals surface area contributed by atoms with Gasteiger partial charge in [-0.15, -0.1) is 0 Å². The number of ether oxygens (including phenoxy) is 5. The van der Waals surface area contributed by atoms with Crippen molar-refractivity contribution in [3.8, 4) is 0 Å². The van der Waals surface area contributed by atoms with Crippen LogP contribution in [0.15, 0.2) is 91.0 Å². The second-order valence-electron chi connectivity index (χ2n) is 10.9. The summed E-state index contributed by atoms with van der Waals surface area (Å²) in [5, 5.41) is 0. The monoisotopic (exact) mass is 529 g/mol. The molecule has 0 N–H and O–H groups in total. The van der Waals surface area contributed by atoms with E-state index >= 15 is 0 Å². The average molecular weight is 530 g/mol. The van der Waals surface area contributed by atoms with Gasteiger partial charge in [-0.2, -0.15) is 0 Å². The molecule has 1 spiro atoms. The van der Waals surface area contributed by atoms with Gasteiger partial charge in [0.15, 0.2) is 5.79 Å². The van der Waals surface area contributed by atoms with Crippen LogP contribution < -0.4 is 0 Å². The van der Waals surface area contributed by atoms with Gasteiger partial charge in [0, 0.05) is 31.5 Å². The minimum atomic E-state index is -0.594. The molecule has 0 bridgehead atoms. The molecule has 0 saturated carbocycles. The second-order valence-corrected chi connectivity index (χ2v) is 10.9. The minimum Gasteiger partial charge on any atom is -0.375 e. The van der Waals surface area contributed by atoms with Crippen LogP contribution in [0, 0.1) is 0 Å². The van der Waals surface area contributed by atoms with Crippen LogP contribution in [0.5, 0.6) is 0 Å². The Hall–Kier alpha value is -2.58. The molecule has 0 aromatic heterocycles. The van der Waals surface area contributed by atoms with Crippen LogP contribution in [0.1, 0.15) is 36.0 Å². The van der Waals surface area contributed by atoms with E-state index in [1.165, 1.54) is 11.1 Å². The minimum absolute atomic E-state index is 0.0608. The SMILES string of the molecule is c1ccc(COC[C@@H]2CC3(C[C@@H]4[C@@H](OCc5ccccc5)[C@H](OCc5ccccc5)CN24)OCCCO3)cc1. The fraction of sp³-hybridized carbons (Fsp3) is 0.455. The third kappa shape index (κ3) is 6.60. The molecule has 3 saturated heterocycles. The van der Waals surface area contributed by atoms with E-state index in [9.17, 15) is 0 Å². The maximum atomic E-state index is 6.70. The summed E-state index contributed by atoms with van der Waals surface area (Å²) in [6.07, 6.45) is 2.33. The van der Waals surface area contributed by atoms with Crippen LogP contribution in [0.2, 0.25) is 0 Å². The maximum absolute atomic E-state index is 6.70. The lowest BCUT2D eigenvalue weighted by Crippen LogP contribution is -2.60. The van der Waals surface area contributed by atoms with Crippen LogP contribution in [-0.2, 0) is 43.5 Å². The number of piperidine rings is 1. The number of hydrogen-bond donors (Lipinski definition) is 0. The van der Waals surface area contributed by atoms with E-state index in [1.54, 1.807) is 0 Å². The van der Waals surface area contributed by atoms with Crippen molar-refractivity contribution in [2.45, 2.75) is 69.2 Å². The molecule has 3 aliphatic rings. The molecule has 3 heterocycles. The van der Waals surface area contributed by atoms with E-state index in [0.717, 1.165) is 44.6 Å². The fourth-order valence-corrected chi connectivity index (χ4v) is 6.22. The van der Waals surface area contributed by atoms with Gasteiger partial charge in [0.1, 0.15) is 6.10 Å². The predicted molar refractivity (Wildman–Crippen MR) is 149 cm³/mol. The van der Waals surface area contributed by atoms with Gasteiger partial charge >= 0.3 is 0 Å². The quantitative estimate of drug-likeness (QED) is 0.353. The van der Waals surface area contributed by atoms with E-state index in [2.05, 4.69) is 77.7 Å². The Labute approximate surface area is 231 Å². The number of rotatable bonds is 10. The van der Waals surface area contributed by atoms with Gasteiger partial charge in [-0.3, -0.25) is 4.90 Å². The molecule has 6 nitrogen and oxygen atoms in total. The summed E-state index contributed by atoms with van der Waals surface area (Å²) in [5.74, 6) is -0.594. The molecule has 39 heavy (non-hydrogen) atoms. The number of benzene rings is 3. The summed E-state index contributed by atoms with van der Waals surface area (Å²) < 4.78 is 32.4. The largest absolute Gasteiger partial charge is 0.375 e. The molecule has 0 amide bonds. The van der Waals surface area contributed by atoms with Crippen molar-refractivity contribution in [2.24, 2.45) is 0 Å².